The summed E-state index contributed by atoms with van der Waals surface area (Å²) in [5.41, 5.74) is 12.9. The van der Waals surface area contributed by atoms with Crippen LogP contribution in [0.1, 0.15) is 20.7 Å². The van der Waals surface area contributed by atoms with Crippen LogP contribution in [0.25, 0.3) is 33.5 Å². The van der Waals surface area contributed by atoms with Gasteiger partial charge in [0.15, 0.2) is 5.65 Å². The molecule has 0 atom stereocenters. The van der Waals surface area contributed by atoms with Crippen molar-refractivity contribution in [2.45, 2.75) is 0 Å². The highest BCUT2D eigenvalue weighted by atomic mass is 19.1. The highest BCUT2D eigenvalue weighted by molar-refractivity contribution is 6.10. The molecular weight excluding hydrogens is 363 g/mol. The lowest BCUT2D eigenvalue weighted by molar-refractivity contribution is 0.0990. The van der Waals surface area contributed by atoms with E-state index in [-0.39, 0.29) is 11.1 Å². The number of hydrogen-bond acceptors (Lipinski definition) is 5. The first-order chi connectivity index (χ1) is 13.5. The number of carbonyl (C=O) groups is 2. The molecule has 0 fully saturated rings. The average Bonchev–Trinajstić information content (AvgIpc) is 3.12. The molecule has 0 spiro atoms. The van der Waals surface area contributed by atoms with Crippen molar-refractivity contribution in [1.29, 1.82) is 0 Å². The molecule has 5 N–H and O–H groups in total. The molecule has 0 radical (unpaired) electrons. The summed E-state index contributed by atoms with van der Waals surface area (Å²) in [5.74, 6) is -2.33. The molecule has 1 aromatic carbocycles. The fourth-order valence-electron chi connectivity index (χ4n) is 2.96. The molecule has 0 saturated carbocycles. The highest BCUT2D eigenvalue weighted by Crippen LogP contribution is 2.31. The van der Waals surface area contributed by atoms with E-state index in [4.69, 9.17) is 11.5 Å². The predicted molar refractivity (Wildman–Crippen MR) is 99.5 cm³/mol. The highest BCUT2D eigenvalue weighted by Gasteiger charge is 2.19. The van der Waals surface area contributed by atoms with Crippen molar-refractivity contribution in [3.8, 4) is 22.5 Å². The SMILES string of the molecule is NC(=O)c1cc(-c2cc(C(N)=O)c3c(-c4cccnc4)n[nH]c3n2)ccc1F. The Hall–Kier alpha value is -4.14. The van der Waals surface area contributed by atoms with Crippen molar-refractivity contribution >= 4 is 22.8 Å². The topological polar surface area (TPSA) is 141 Å². The minimum atomic E-state index is -0.907. The average molecular weight is 376 g/mol. The van der Waals surface area contributed by atoms with E-state index in [0.717, 1.165) is 6.07 Å². The Bertz CT molecular complexity index is 1240. The van der Waals surface area contributed by atoms with E-state index in [9.17, 15) is 14.0 Å². The molecule has 0 bridgehead atoms. The molecule has 0 aliphatic rings. The number of pyridine rings is 2. The molecule has 3 aromatic heterocycles. The molecule has 0 aliphatic carbocycles. The molecule has 9 heteroatoms. The number of nitrogens with one attached hydrogen (secondary N) is 1. The second-order valence-corrected chi connectivity index (χ2v) is 6.02. The molecule has 4 rings (SSSR count). The molecule has 0 saturated heterocycles. The van der Waals surface area contributed by atoms with Gasteiger partial charge in [-0.15, -0.1) is 0 Å². The number of aromatic nitrogens is 4. The number of halogens is 1. The van der Waals surface area contributed by atoms with Gasteiger partial charge in [0.1, 0.15) is 11.5 Å². The molecule has 3 heterocycles. The zero-order valence-corrected chi connectivity index (χ0v) is 14.3. The van der Waals surface area contributed by atoms with Crippen LogP contribution in [0.15, 0.2) is 48.8 Å². The van der Waals surface area contributed by atoms with E-state index >= 15 is 0 Å². The zero-order valence-electron chi connectivity index (χ0n) is 14.3. The van der Waals surface area contributed by atoms with Gasteiger partial charge in [0.2, 0.25) is 5.91 Å². The van der Waals surface area contributed by atoms with Crippen LogP contribution in [-0.2, 0) is 0 Å². The summed E-state index contributed by atoms with van der Waals surface area (Å²) in [6.45, 7) is 0. The van der Waals surface area contributed by atoms with Crippen molar-refractivity contribution in [1.82, 2.24) is 20.2 Å². The van der Waals surface area contributed by atoms with Crippen LogP contribution in [0.3, 0.4) is 0 Å². The van der Waals surface area contributed by atoms with Crippen molar-refractivity contribution < 1.29 is 14.0 Å². The van der Waals surface area contributed by atoms with Gasteiger partial charge in [-0.2, -0.15) is 5.10 Å². The Morgan fingerprint density at radius 3 is 2.46 bits per heavy atom. The van der Waals surface area contributed by atoms with Crippen molar-refractivity contribution in [3.05, 3.63) is 65.7 Å². The lowest BCUT2D eigenvalue weighted by Crippen LogP contribution is -2.14. The lowest BCUT2D eigenvalue weighted by Gasteiger charge is -2.07. The second-order valence-electron chi connectivity index (χ2n) is 6.02. The van der Waals surface area contributed by atoms with Gasteiger partial charge in [0, 0.05) is 23.5 Å². The van der Waals surface area contributed by atoms with Crippen LogP contribution in [0.4, 0.5) is 4.39 Å². The second kappa shape index (κ2) is 6.54. The van der Waals surface area contributed by atoms with E-state index in [1.165, 1.54) is 18.2 Å². The fraction of sp³-hybridized carbons (Fsp3) is 0. The van der Waals surface area contributed by atoms with Gasteiger partial charge >= 0.3 is 0 Å². The fourth-order valence-corrected chi connectivity index (χ4v) is 2.96. The summed E-state index contributed by atoms with van der Waals surface area (Å²) < 4.78 is 13.8. The first kappa shape index (κ1) is 17.3. The van der Waals surface area contributed by atoms with Crippen LogP contribution in [-0.4, -0.2) is 32.0 Å². The van der Waals surface area contributed by atoms with Crippen LogP contribution in [0, 0.1) is 5.82 Å². The lowest BCUT2D eigenvalue weighted by atomic mass is 10.0. The monoisotopic (exact) mass is 376 g/mol. The number of amides is 2. The first-order valence-corrected chi connectivity index (χ1v) is 8.14. The minimum Gasteiger partial charge on any atom is -0.366 e. The number of hydrogen-bond donors (Lipinski definition) is 3. The third-order valence-electron chi connectivity index (χ3n) is 4.26. The van der Waals surface area contributed by atoms with Crippen molar-refractivity contribution in [3.63, 3.8) is 0 Å². The Kier molecular flexibility index (Phi) is 4.04. The van der Waals surface area contributed by atoms with Gasteiger partial charge in [0.05, 0.1) is 22.2 Å². The summed E-state index contributed by atoms with van der Waals surface area (Å²) in [5, 5.41) is 7.46. The third kappa shape index (κ3) is 2.84. The number of benzene rings is 1. The van der Waals surface area contributed by atoms with Gasteiger partial charge < -0.3 is 11.5 Å². The van der Waals surface area contributed by atoms with Crippen LogP contribution in [0.2, 0.25) is 0 Å². The quantitative estimate of drug-likeness (QED) is 0.500. The number of nitrogens with zero attached hydrogens (tertiary/aromatic N) is 3. The summed E-state index contributed by atoms with van der Waals surface area (Å²) in [7, 11) is 0. The molecule has 2 amide bonds. The maximum absolute atomic E-state index is 13.8. The Labute approximate surface area is 157 Å². The number of H-pyrrole nitrogens is 1. The first-order valence-electron chi connectivity index (χ1n) is 8.14. The molecule has 8 nitrogen and oxygen atoms in total. The summed E-state index contributed by atoms with van der Waals surface area (Å²) in [4.78, 5) is 32.0. The molecule has 28 heavy (non-hydrogen) atoms. The van der Waals surface area contributed by atoms with E-state index in [0.29, 0.717) is 33.5 Å². The van der Waals surface area contributed by atoms with Gasteiger partial charge in [-0.05, 0) is 36.4 Å². The predicted octanol–water partition coefficient (Wildman–Crippen LogP) is 2.02. The number of aromatic amines is 1. The number of primary amides is 2. The van der Waals surface area contributed by atoms with Crippen LogP contribution < -0.4 is 11.5 Å². The normalized spacial score (nSPS) is 10.9. The largest absolute Gasteiger partial charge is 0.366 e. The smallest absolute Gasteiger partial charge is 0.251 e. The molecular formula is C19H13FN6O2. The Morgan fingerprint density at radius 2 is 1.79 bits per heavy atom. The zero-order chi connectivity index (χ0) is 19.8. The summed E-state index contributed by atoms with van der Waals surface area (Å²) in [6.07, 6.45) is 3.22. The molecule has 138 valence electrons. The maximum Gasteiger partial charge on any atom is 0.251 e. The standard InChI is InChI=1S/C19H13FN6O2/c20-13-4-3-9(6-11(13)17(21)27)14-7-12(18(22)28)15-16(25-26-19(15)24-14)10-2-1-5-23-8-10/h1-8H,(H2,21,27)(H2,22,28)(H,24,25,26). The van der Waals surface area contributed by atoms with Crippen molar-refractivity contribution in [2.24, 2.45) is 11.5 Å². The van der Waals surface area contributed by atoms with E-state index < -0.39 is 17.6 Å². The number of nitrogens with two attached hydrogens (primary N) is 2. The number of rotatable bonds is 4. The number of carbonyl (C=O) groups excluding carboxylic acids is 2. The number of fused-ring (bicyclic) bond motifs is 1. The Morgan fingerprint density at radius 1 is 1.00 bits per heavy atom. The van der Waals surface area contributed by atoms with Gasteiger partial charge in [-0.25, -0.2) is 9.37 Å². The van der Waals surface area contributed by atoms with E-state index in [2.05, 4.69) is 20.2 Å². The van der Waals surface area contributed by atoms with Gasteiger partial charge in [-0.1, -0.05) is 0 Å². The van der Waals surface area contributed by atoms with Crippen molar-refractivity contribution in [2.75, 3.05) is 0 Å². The van der Waals surface area contributed by atoms with E-state index in [1.807, 2.05) is 0 Å². The van der Waals surface area contributed by atoms with E-state index in [1.54, 1.807) is 24.5 Å². The molecule has 0 unspecified atom stereocenters. The molecule has 0 aliphatic heterocycles. The van der Waals surface area contributed by atoms with Gasteiger partial charge in [-0.3, -0.25) is 19.7 Å². The van der Waals surface area contributed by atoms with Crippen LogP contribution >= 0.6 is 0 Å². The molecule has 4 aromatic rings. The Balaban J connectivity index is 1.95. The minimum absolute atomic E-state index is 0.178. The van der Waals surface area contributed by atoms with Gasteiger partial charge in [0.25, 0.3) is 5.91 Å². The maximum atomic E-state index is 13.8. The van der Waals surface area contributed by atoms with Crippen LogP contribution in [0.5, 0.6) is 0 Å². The third-order valence-corrected chi connectivity index (χ3v) is 4.26. The summed E-state index contributed by atoms with van der Waals surface area (Å²) >= 11 is 0. The summed E-state index contributed by atoms with van der Waals surface area (Å²) in [6, 6.07) is 8.82.